The second kappa shape index (κ2) is 10.2. The number of rotatable bonds is 8. The van der Waals surface area contributed by atoms with Gasteiger partial charge in [0.1, 0.15) is 11.9 Å². The first-order valence-corrected chi connectivity index (χ1v) is 14.4. The first-order valence-electron chi connectivity index (χ1n) is 14.4. The molecule has 4 aliphatic rings. The van der Waals surface area contributed by atoms with Crippen LogP contribution in [0, 0.1) is 29.6 Å². The Labute approximate surface area is 216 Å². The number of carbonyl (C=O) groups excluding carboxylic acids is 1. The predicted molar refractivity (Wildman–Crippen MR) is 144 cm³/mol. The van der Waals surface area contributed by atoms with Crippen molar-refractivity contribution >= 4 is 5.91 Å². The third kappa shape index (κ3) is 4.47. The van der Waals surface area contributed by atoms with Gasteiger partial charge >= 0.3 is 0 Å². The Bertz CT molecular complexity index is 1040. The molecule has 0 radical (unpaired) electrons. The zero-order chi connectivity index (χ0) is 24.6. The average Bonchev–Trinajstić information content (AvgIpc) is 3.38. The molecule has 1 heterocycles. The number of carbonyl (C=O) groups is 1. The molecule has 2 N–H and O–H groups in total. The van der Waals surface area contributed by atoms with Crippen molar-refractivity contribution in [2.24, 2.45) is 29.6 Å². The summed E-state index contributed by atoms with van der Waals surface area (Å²) in [6.45, 7) is 5.38. The summed E-state index contributed by atoms with van der Waals surface area (Å²) >= 11 is 0. The third-order valence-corrected chi connectivity index (χ3v) is 9.85. The minimum atomic E-state index is -0.0249. The van der Waals surface area contributed by atoms with E-state index in [1.807, 2.05) is 0 Å². The van der Waals surface area contributed by atoms with Crippen LogP contribution in [-0.2, 0) is 11.2 Å². The molecule has 4 fully saturated rings. The van der Waals surface area contributed by atoms with Gasteiger partial charge in [-0.2, -0.15) is 0 Å². The zero-order valence-electron chi connectivity index (χ0n) is 21.9. The molecule has 4 heteroatoms. The smallest absolute Gasteiger partial charge is 0.237 e. The largest absolute Gasteiger partial charge is 0.490 e. The summed E-state index contributed by atoms with van der Waals surface area (Å²) in [5, 5.41) is 7.18. The summed E-state index contributed by atoms with van der Waals surface area (Å²) in [5.41, 5.74) is 2.74. The predicted octanol–water partition coefficient (Wildman–Crippen LogP) is 5.72. The van der Waals surface area contributed by atoms with Crippen molar-refractivity contribution in [2.45, 2.75) is 82.9 Å². The van der Waals surface area contributed by atoms with Gasteiger partial charge in [-0.05, 0) is 97.9 Å². The molecule has 2 aromatic carbocycles. The van der Waals surface area contributed by atoms with E-state index in [4.69, 9.17) is 4.74 Å². The van der Waals surface area contributed by atoms with Crippen LogP contribution in [0.15, 0.2) is 54.6 Å². The van der Waals surface area contributed by atoms with Crippen LogP contribution in [0.25, 0.3) is 0 Å². The van der Waals surface area contributed by atoms with Gasteiger partial charge in [0.05, 0.1) is 6.04 Å². The maximum absolute atomic E-state index is 13.1. The molecule has 0 bridgehead atoms. The first kappa shape index (κ1) is 24.0. The molecule has 3 saturated carbocycles. The van der Waals surface area contributed by atoms with E-state index in [9.17, 15) is 4.79 Å². The van der Waals surface area contributed by atoms with Gasteiger partial charge in [0.25, 0.3) is 0 Å². The van der Waals surface area contributed by atoms with E-state index < -0.39 is 0 Å². The molecule has 36 heavy (non-hydrogen) atoms. The molecule has 6 rings (SSSR count). The highest BCUT2D eigenvalue weighted by Crippen LogP contribution is 2.59. The normalized spacial score (nSPS) is 34.8. The van der Waals surface area contributed by atoms with Crippen LogP contribution >= 0.6 is 0 Å². The van der Waals surface area contributed by atoms with Crippen LogP contribution in [0.3, 0.4) is 0 Å². The highest BCUT2D eigenvalue weighted by molar-refractivity contribution is 5.85. The highest BCUT2D eigenvalue weighted by Gasteiger charge is 2.62. The maximum Gasteiger partial charge on any atom is 0.237 e. The lowest BCUT2D eigenvalue weighted by molar-refractivity contribution is -0.122. The van der Waals surface area contributed by atoms with Crippen molar-refractivity contribution in [3.8, 4) is 5.75 Å². The summed E-state index contributed by atoms with van der Waals surface area (Å²) < 4.78 is 6.67. The fraction of sp³-hybridized carbons (Fsp3) is 0.594. The fourth-order valence-corrected chi connectivity index (χ4v) is 8.31. The number of benzene rings is 2. The van der Waals surface area contributed by atoms with Gasteiger partial charge in [0.15, 0.2) is 0 Å². The molecule has 3 aliphatic carbocycles. The van der Waals surface area contributed by atoms with Gasteiger partial charge in [-0.1, -0.05) is 62.7 Å². The summed E-state index contributed by atoms with van der Waals surface area (Å²) in [4.78, 5) is 13.1. The van der Waals surface area contributed by atoms with Gasteiger partial charge in [-0.3, -0.25) is 4.79 Å². The van der Waals surface area contributed by atoms with Crippen molar-refractivity contribution in [1.82, 2.24) is 10.6 Å². The van der Waals surface area contributed by atoms with Crippen LogP contribution in [0.4, 0.5) is 0 Å². The Morgan fingerprint density at radius 3 is 2.47 bits per heavy atom. The van der Waals surface area contributed by atoms with Gasteiger partial charge < -0.3 is 15.4 Å². The monoisotopic (exact) mass is 486 g/mol. The van der Waals surface area contributed by atoms with E-state index in [2.05, 4.69) is 79.1 Å². The zero-order valence-corrected chi connectivity index (χ0v) is 21.9. The number of fused-ring (bicyclic) bond motifs is 3. The summed E-state index contributed by atoms with van der Waals surface area (Å²) in [6, 6.07) is 19.8. The lowest BCUT2D eigenvalue weighted by atomic mass is 9.62. The van der Waals surface area contributed by atoms with E-state index >= 15 is 0 Å². The van der Waals surface area contributed by atoms with E-state index in [1.165, 1.54) is 36.8 Å². The van der Waals surface area contributed by atoms with Crippen molar-refractivity contribution < 1.29 is 9.53 Å². The van der Waals surface area contributed by atoms with Crippen molar-refractivity contribution in [3.05, 3.63) is 65.7 Å². The second-order valence-corrected chi connectivity index (χ2v) is 12.1. The summed E-state index contributed by atoms with van der Waals surface area (Å²) in [6.07, 6.45) is 8.53. The number of aryl methyl sites for hydroxylation is 1. The van der Waals surface area contributed by atoms with E-state index in [0.29, 0.717) is 47.7 Å². The molecule has 0 aromatic heterocycles. The third-order valence-electron chi connectivity index (χ3n) is 9.85. The van der Waals surface area contributed by atoms with Crippen LogP contribution in [0.5, 0.6) is 5.75 Å². The Morgan fingerprint density at radius 1 is 0.917 bits per heavy atom. The summed E-state index contributed by atoms with van der Waals surface area (Å²) in [7, 11) is 0. The average molecular weight is 487 g/mol. The van der Waals surface area contributed by atoms with Crippen LogP contribution in [0.1, 0.15) is 69.4 Å². The first-order chi connectivity index (χ1) is 17.6. The fourth-order valence-electron chi connectivity index (χ4n) is 8.31. The highest BCUT2D eigenvalue weighted by atomic mass is 16.5. The molecule has 192 valence electrons. The Balaban J connectivity index is 1.12. The van der Waals surface area contributed by atoms with Crippen molar-refractivity contribution in [1.29, 1.82) is 0 Å². The number of hydrogen-bond donors (Lipinski definition) is 2. The van der Waals surface area contributed by atoms with Crippen LogP contribution in [-0.4, -0.2) is 30.6 Å². The Hall–Kier alpha value is -2.33. The second-order valence-electron chi connectivity index (χ2n) is 12.1. The summed E-state index contributed by atoms with van der Waals surface area (Å²) in [5.74, 6) is 4.82. The van der Waals surface area contributed by atoms with E-state index in [-0.39, 0.29) is 11.9 Å². The standard InChI is InChI=1S/C32H42N2O2/c1-20(2)22-13-15-23(16-14-22)36-27-18-17-25-28-24(27)11-6-12-26(28)30-29(25)31(32(35)34-30)33-19-7-10-21-8-4-3-5-9-21/h3-5,8-9,13-16,20,24-31,33H,6-7,10-12,17-19H2,1-2H3,(H,34,35). The van der Waals surface area contributed by atoms with Crippen molar-refractivity contribution in [3.63, 3.8) is 0 Å². The van der Waals surface area contributed by atoms with Crippen molar-refractivity contribution in [2.75, 3.05) is 6.54 Å². The molecular formula is C32H42N2O2. The maximum atomic E-state index is 13.1. The van der Waals surface area contributed by atoms with Crippen LogP contribution < -0.4 is 15.4 Å². The lowest BCUT2D eigenvalue weighted by Gasteiger charge is -2.46. The molecular weight excluding hydrogens is 444 g/mol. The molecule has 2 aromatic rings. The molecule has 0 spiro atoms. The van der Waals surface area contributed by atoms with Gasteiger partial charge in [-0.15, -0.1) is 0 Å². The van der Waals surface area contributed by atoms with E-state index in [1.54, 1.807) is 0 Å². The number of hydrogen-bond acceptors (Lipinski definition) is 3. The molecule has 8 atom stereocenters. The molecule has 1 amide bonds. The molecule has 1 aliphatic heterocycles. The number of amides is 1. The van der Waals surface area contributed by atoms with Gasteiger partial charge in [-0.25, -0.2) is 0 Å². The topological polar surface area (TPSA) is 50.4 Å². The molecule has 1 saturated heterocycles. The Morgan fingerprint density at radius 2 is 1.69 bits per heavy atom. The van der Waals surface area contributed by atoms with Crippen LogP contribution in [0.2, 0.25) is 0 Å². The SMILES string of the molecule is CC(C)c1ccc(OC2CCC3C4C2CCCC4C2NC(=O)C(NCCCc4ccccc4)C32)cc1. The van der Waals surface area contributed by atoms with Gasteiger partial charge in [0, 0.05) is 12.0 Å². The van der Waals surface area contributed by atoms with E-state index in [0.717, 1.165) is 31.6 Å². The molecule has 4 nitrogen and oxygen atoms in total. The quantitative estimate of drug-likeness (QED) is 0.469. The Kier molecular flexibility index (Phi) is 6.81. The number of ether oxygens (including phenoxy) is 1. The lowest BCUT2D eigenvalue weighted by Crippen LogP contribution is -2.49. The number of nitrogens with one attached hydrogen (secondary N) is 2. The van der Waals surface area contributed by atoms with Gasteiger partial charge in [0.2, 0.25) is 5.91 Å². The minimum absolute atomic E-state index is 0.0249. The molecule has 8 unspecified atom stereocenters. The minimum Gasteiger partial charge on any atom is -0.490 e.